The first-order valence-corrected chi connectivity index (χ1v) is 10.8. The van der Waals surface area contributed by atoms with Gasteiger partial charge in [-0.2, -0.15) is 0 Å². The van der Waals surface area contributed by atoms with Gasteiger partial charge in [-0.3, -0.25) is 19.8 Å². The minimum atomic E-state index is -0.601. The lowest BCUT2D eigenvalue weighted by Crippen LogP contribution is -2.45. The Morgan fingerprint density at radius 2 is 1.66 bits per heavy atom. The Labute approximate surface area is 186 Å². The molecule has 8 nitrogen and oxygen atoms in total. The normalized spacial score (nSPS) is 16.3. The van der Waals surface area contributed by atoms with Crippen LogP contribution in [-0.2, 0) is 4.79 Å². The maximum absolute atomic E-state index is 12.7. The van der Waals surface area contributed by atoms with E-state index < -0.39 is 6.03 Å². The molecule has 8 heteroatoms. The Morgan fingerprint density at radius 1 is 0.969 bits per heavy atom. The number of likely N-dealkylation sites (tertiary alicyclic amines) is 1. The summed E-state index contributed by atoms with van der Waals surface area (Å²) >= 11 is 0. The second kappa shape index (κ2) is 9.82. The number of ketones is 1. The lowest BCUT2D eigenvalue weighted by Gasteiger charge is -2.30. The van der Waals surface area contributed by atoms with Crippen molar-refractivity contribution < 1.29 is 23.9 Å². The highest BCUT2D eigenvalue weighted by Gasteiger charge is 2.27. The minimum Gasteiger partial charge on any atom is -0.486 e. The Morgan fingerprint density at radius 3 is 2.38 bits per heavy atom. The topological polar surface area (TPSA) is 97.0 Å². The van der Waals surface area contributed by atoms with E-state index in [9.17, 15) is 14.4 Å². The molecule has 0 aromatic heterocycles. The van der Waals surface area contributed by atoms with Crippen LogP contribution in [0.3, 0.4) is 0 Å². The van der Waals surface area contributed by atoms with Gasteiger partial charge in [0.25, 0.3) is 0 Å². The average molecular weight is 437 g/mol. The number of amides is 3. The third-order valence-electron chi connectivity index (χ3n) is 5.71. The molecule has 2 aromatic rings. The summed E-state index contributed by atoms with van der Waals surface area (Å²) in [6, 6.07) is 12.1. The maximum Gasteiger partial charge on any atom is 0.325 e. The standard InChI is InChI=1S/C24H27N3O5/c1-16-2-4-17(5-3-16)23(29)18-8-10-27(11-9-18)15-22(28)26-24(30)25-19-6-7-20-21(14-19)32-13-12-31-20/h2-7,14,18H,8-13,15H2,1H3,(H2,25,26,28,30). The third-order valence-corrected chi connectivity index (χ3v) is 5.71. The highest BCUT2D eigenvalue weighted by Crippen LogP contribution is 2.32. The molecule has 2 aromatic carbocycles. The number of rotatable bonds is 5. The number of aryl methyl sites for hydroxylation is 1. The Hall–Kier alpha value is -3.39. The molecule has 0 bridgehead atoms. The summed E-state index contributed by atoms with van der Waals surface area (Å²) in [4.78, 5) is 39.1. The van der Waals surface area contributed by atoms with Crippen LogP contribution in [0, 0.1) is 12.8 Å². The molecule has 0 spiro atoms. The summed E-state index contributed by atoms with van der Waals surface area (Å²) < 4.78 is 10.9. The van der Waals surface area contributed by atoms with E-state index in [2.05, 4.69) is 10.6 Å². The fourth-order valence-electron chi connectivity index (χ4n) is 3.96. The van der Waals surface area contributed by atoms with Crippen LogP contribution in [0.2, 0.25) is 0 Å². The van der Waals surface area contributed by atoms with E-state index in [1.54, 1.807) is 18.2 Å². The maximum atomic E-state index is 12.7. The predicted octanol–water partition coefficient (Wildman–Crippen LogP) is 3.01. The zero-order valence-electron chi connectivity index (χ0n) is 18.1. The molecule has 168 valence electrons. The fourth-order valence-corrected chi connectivity index (χ4v) is 3.96. The molecule has 4 rings (SSSR count). The molecule has 32 heavy (non-hydrogen) atoms. The van der Waals surface area contributed by atoms with E-state index in [-0.39, 0.29) is 24.2 Å². The predicted molar refractivity (Wildman–Crippen MR) is 119 cm³/mol. The Kier molecular flexibility index (Phi) is 6.70. The van der Waals surface area contributed by atoms with Gasteiger partial charge in [0.1, 0.15) is 13.2 Å². The van der Waals surface area contributed by atoms with E-state index >= 15 is 0 Å². The molecule has 2 aliphatic rings. The molecule has 0 aliphatic carbocycles. The number of piperidine rings is 1. The quantitative estimate of drug-likeness (QED) is 0.698. The number of fused-ring (bicyclic) bond motifs is 1. The number of benzene rings is 2. The number of carbonyl (C=O) groups excluding carboxylic acids is 3. The Bertz CT molecular complexity index is 997. The van der Waals surface area contributed by atoms with Crippen LogP contribution >= 0.6 is 0 Å². The van der Waals surface area contributed by atoms with E-state index in [1.165, 1.54) is 0 Å². The van der Waals surface area contributed by atoms with Gasteiger partial charge in [0.2, 0.25) is 5.91 Å². The number of nitrogens with zero attached hydrogens (tertiary/aromatic N) is 1. The third kappa shape index (κ3) is 5.45. The van der Waals surface area contributed by atoms with Crippen LogP contribution in [0.4, 0.5) is 10.5 Å². The van der Waals surface area contributed by atoms with Crippen molar-refractivity contribution in [2.75, 3.05) is 38.2 Å². The van der Waals surface area contributed by atoms with Gasteiger partial charge >= 0.3 is 6.03 Å². The van der Waals surface area contributed by atoms with E-state index in [1.807, 2.05) is 36.1 Å². The van der Waals surface area contributed by atoms with Gasteiger partial charge in [0.15, 0.2) is 17.3 Å². The number of Topliss-reactive ketones (excluding diaryl/α,β-unsaturated/α-hetero) is 1. The number of anilines is 1. The number of hydrogen-bond acceptors (Lipinski definition) is 6. The molecule has 0 unspecified atom stereocenters. The summed E-state index contributed by atoms with van der Waals surface area (Å²) in [6.45, 7) is 4.33. The number of nitrogens with one attached hydrogen (secondary N) is 2. The van der Waals surface area contributed by atoms with Crippen molar-refractivity contribution in [1.82, 2.24) is 10.2 Å². The van der Waals surface area contributed by atoms with Gasteiger partial charge in [-0.25, -0.2) is 4.79 Å². The first-order chi connectivity index (χ1) is 15.5. The Balaban J connectivity index is 1.21. The highest BCUT2D eigenvalue weighted by molar-refractivity contribution is 6.02. The zero-order valence-corrected chi connectivity index (χ0v) is 18.1. The van der Waals surface area contributed by atoms with Gasteiger partial charge in [-0.15, -0.1) is 0 Å². The summed E-state index contributed by atoms with van der Waals surface area (Å²) in [5.74, 6) is 0.928. The minimum absolute atomic E-state index is 0.0319. The highest BCUT2D eigenvalue weighted by atomic mass is 16.6. The zero-order chi connectivity index (χ0) is 22.5. The SMILES string of the molecule is Cc1ccc(C(=O)C2CCN(CC(=O)NC(=O)Nc3ccc4c(c3)OCCO4)CC2)cc1. The lowest BCUT2D eigenvalue weighted by molar-refractivity contribution is -0.121. The number of hydrogen-bond donors (Lipinski definition) is 2. The first kappa shape index (κ1) is 21.8. The second-order valence-electron chi connectivity index (χ2n) is 8.14. The first-order valence-electron chi connectivity index (χ1n) is 10.8. The van der Waals surface area contributed by atoms with Crippen molar-refractivity contribution in [2.24, 2.45) is 5.92 Å². The molecule has 2 heterocycles. The molecular weight excluding hydrogens is 410 g/mol. The molecule has 1 fully saturated rings. The molecule has 0 atom stereocenters. The summed E-state index contributed by atoms with van der Waals surface area (Å²) in [7, 11) is 0. The molecular formula is C24H27N3O5. The monoisotopic (exact) mass is 437 g/mol. The number of ether oxygens (including phenoxy) is 2. The lowest BCUT2D eigenvalue weighted by atomic mass is 9.88. The average Bonchev–Trinajstić information content (AvgIpc) is 2.79. The fraction of sp³-hybridized carbons (Fsp3) is 0.375. The van der Waals surface area contributed by atoms with E-state index in [4.69, 9.17) is 9.47 Å². The van der Waals surface area contributed by atoms with Crippen LogP contribution in [-0.4, -0.2) is 55.5 Å². The second-order valence-corrected chi connectivity index (χ2v) is 8.14. The molecule has 0 radical (unpaired) electrons. The van der Waals surface area contributed by atoms with Crippen LogP contribution in [0.5, 0.6) is 11.5 Å². The van der Waals surface area contributed by atoms with E-state index in [0.717, 1.165) is 11.1 Å². The molecule has 3 amide bonds. The van der Waals surface area contributed by atoms with Crippen molar-refractivity contribution in [2.45, 2.75) is 19.8 Å². The van der Waals surface area contributed by atoms with Gasteiger partial charge in [-0.1, -0.05) is 29.8 Å². The molecule has 1 saturated heterocycles. The molecule has 2 aliphatic heterocycles. The largest absolute Gasteiger partial charge is 0.486 e. The summed E-state index contributed by atoms with van der Waals surface area (Å²) in [5, 5.41) is 4.99. The van der Waals surface area contributed by atoms with Crippen molar-refractivity contribution >= 4 is 23.4 Å². The van der Waals surface area contributed by atoms with Crippen LogP contribution in [0.1, 0.15) is 28.8 Å². The van der Waals surface area contributed by atoms with Gasteiger partial charge in [0, 0.05) is 23.2 Å². The van der Waals surface area contributed by atoms with Gasteiger partial charge in [-0.05, 0) is 45.0 Å². The summed E-state index contributed by atoms with van der Waals surface area (Å²) in [6.07, 6.45) is 1.40. The van der Waals surface area contributed by atoms with Crippen LogP contribution < -0.4 is 20.1 Å². The molecule has 0 saturated carbocycles. The van der Waals surface area contributed by atoms with Crippen molar-refractivity contribution in [3.8, 4) is 11.5 Å². The van der Waals surface area contributed by atoms with Crippen molar-refractivity contribution in [3.63, 3.8) is 0 Å². The molecule has 2 N–H and O–H groups in total. The van der Waals surface area contributed by atoms with Crippen molar-refractivity contribution in [1.29, 1.82) is 0 Å². The van der Waals surface area contributed by atoms with Gasteiger partial charge in [0.05, 0.1) is 6.54 Å². The number of carbonyl (C=O) groups is 3. The van der Waals surface area contributed by atoms with E-state index in [0.29, 0.717) is 56.3 Å². The van der Waals surface area contributed by atoms with Gasteiger partial charge < -0.3 is 14.8 Å². The number of urea groups is 1. The van der Waals surface area contributed by atoms with Crippen molar-refractivity contribution in [3.05, 3.63) is 53.6 Å². The summed E-state index contributed by atoms with van der Waals surface area (Å²) in [5.41, 5.74) is 2.37. The van der Waals surface area contributed by atoms with Crippen LogP contribution in [0.25, 0.3) is 0 Å². The van der Waals surface area contributed by atoms with Crippen LogP contribution in [0.15, 0.2) is 42.5 Å². The number of imide groups is 1. The smallest absolute Gasteiger partial charge is 0.325 e.